The van der Waals surface area contributed by atoms with Crippen molar-refractivity contribution in [2.45, 2.75) is 0 Å². The number of hydrazone groups is 1. The van der Waals surface area contributed by atoms with Crippen LogP contribution in [0.3, 0.4) is 0 Å². The maximum atomic E-state index is 11.4. The third-order valence-corrected chi connectivity index (χ3v) is 1.85. The minimum Gasteiger partial charge on any atom is -0.267 e. The molecule has 1 rings (SSSR count). The summed E-state index contributed by atoms with van der Waals surface area (Å²) in [6.07, 6.45) is 0. The molecular weight excluding hydrogens is 188 g/mol. The van der Waals surface area contributed by atoms with Crippen molar-refractivity contribution < 1.29 is 4.79 Å². The number of hydrogen-bond acceptors (Lipinski definition) is 2. The van der Waals surface area contributed by atoms with E-state index in [2.05, 4.69) is 11.8 Å². The molecule has 3 nitrogen and oxygen atoms in total. The first-order valence-electron chi connectivity index (χ1n) is 3.65. The second kappa shape index (κ2) is 4.05. The minimum absolute atomic E-state index is 0.202. The normalized spacial score (nSPS) is 9.38. The molecule has 0 aliphatic carbocycles. The standard InChI is InChI=1S/C9H9ClN2O/c1-11-12(2)9(13)7-3-5-8(10)6-4-7/h3-6H,1H2,2H3. The number of nitrogens with zero attached hydrogens (tertiary/aromatic N) is 2. The molecule has 0 spiro atoms. The molecule has 0 saturated carbocycles. The summed E-state index contributed by atoms with van der Waals surface area (Å²) in [5.74, 6) is -0.202. The zero-order chi connectivity index (χ0) is 9.84. The highest BCUT2D eigenvalue weighted by molar-refractivity contribution is 6.30. The largest absolute Gasteiger partial charge is 0.273 e. The Balaban J connectivity index is 2.89. The van der Waals surface area contributed by atoms with Gasteiger partial charge >= 0.3 is 0 Å². The van der Waals surface area contributed by atoms with Crippen molar-refractivity contribution in [3.63, 3.8) is 0 Å². The van der Waals surface area contributed by atoms with Crippen LogP contribution in [0, 0.1) is 0 Å². The predicted molar refractivity (Wildman–Crippen MR) is 53.1 cm³/mol. The van der Waals surface area contributed by atoms with Crippen LogP contribution in [0.4, 0.5) is 0 Å². The van der Waals surface area contributed by atoms with Gasteiger partial charge < -0.3 is 0 Å². The molecule has 13 heavy (non-hydrogen) atoms. The third kappa shape index (κ3) is 2.29. The van der Waals surface area contributed by atoms with Gasteiger partial charge in [0.05, 0.1) is 0 Å². The van der Waals surface area contributed by atoms with Crippen molar-refractivity contribution in [1.29, 1.82) is 0 Å². The first-order chi connectivity index (χ1) is 6.15. The van der Waals surface area contributed by atoms with Crippen LogP contribution in [-0.4, -0.2) is 24.7 Å². The summed E-state index contributed by atoms with van der Waals surface area (Å²) in [5, 5.41) is 5.26. The van der Waals surface area contributed by atoms with Crippen LogP contribution in [0.25, 0.3) is 0 Å². The Morgan fingerprint density at radius 3 is 2.46 bits per heavy atom. The topological polar surface area (TPSA) is 32.7 Å². The van der Waals surface area contributed by atoms with Gasteiger partial charge in [0, 0.05) is 24.4 Å². The summed E-state index contributed by atoms with van der Waals surface area (Å²) in [5.41, 5.74) is 0.541. The lowest BCUT2D eigenvalue weighted by atomic mass is 10.2. The zero-order valence-electron chi connectivity index (χ0n) is 7.20. The second-order valence-corrected chi connectivity index (χ2v) is 2.91. The summed E-state index contributed by atoms with van der Waals surface area (Å²) in [6.45, 7) is 3.25. The molecule has 0 aliphatic heterocycles. The summed E-state index contributed by atoms with van der Waals surface area (Å²) < 4.78 is 0. The highest BCUT2D eigenvalue weighted by Crippen LogP contribution is 2.10. The molecule has 1 amide bonds. The van der Waals surface area contributed by atoms with Crippen molar-refractivity contribution >= 4 is 24.2 Å². The molecule has 68 valence electrons. The number of hydrogen-bond donors (Lipinski definition) is 0. The smallest absolute Gasteiger partial charge is 0.267 e. The number of rotatable bonds is 2. The highest BCUT2D eigenvalue weighted by Gasteiger charge is 2.08. The summed E-state index contributed by atoms with van der Waals surface area (Å²) >= 11 is 5.67. The Kier molecular flexibility index (Phi) is 3.03. The van der Waals surface area contributed by atoms with Crippen molar-refractivity contribution in [3.8, 4) is 0 Å². The first kappa shape index (κ1) is 9.74. The van der Waals surface area contributed by atoms with Crippen molar-refractivity contribution in [2.24, 2.45) is 5.10 Å². The Labute approximate surface area is 81.6 Å². The van der Waals surface area contributed by atoms with Crippen LogP contribution >= 0.6 is 11.6 Å². The number of halogens is 1. The molecule has 0 saturated heterocycles. The van der Waals surface area contributed by atoms with Crippen LogP contribution in [0.5, 0.6) is 0 Å². The number of carbonyl (C=O) groups is 1. The lowest BCUT2D eigenvalue weighted by Gasteiger charge is -2.09. The Morgan fingerprint density at radius 2 is 2.00 bits per heavy atom. The van der Waals surface area contributed by atoms with E-state index in [1.807, 2.05) is 0 Å². The van der Waals surface area contributed by atoms with Crippen LogP contribution in [0.15, 0.2) is 29.4 Å². The molecular formula is C9H9ClN2O. The first-order valence-corrected chi connectivity index (χ1v) is 4.03. The van der Waals surface area contributed by atoms with Crippen molar-refractivity contribution in [2.75, 3.05) is 7.05 Å². The highest BCUT2D eigenvalue weighted by atomic mass is 35.5. The van der Waals surface area contributed by atoms with E-state index >= 15 is 0 Å². The lowest BCUT2D eigenvalue weighted by molar-refractivity contribution is 0.0801. The van der Waals surface area contributed by atoms with Crippen molar-refractivity contribution in [1.82, 2.24) is 5.01 Å². The molecule has 1 aromatic carbocycles. The number of amides is 1. The van der Waals surface area contributed by atoms with Gasteiger partial charge in [-0.25, -0.2) is 5.01 Å². The number of benzene rings is 1. The number of carbonyl (C=O) groups excluding carboxylic acids is 1. The van der Waals surface area contributed by atoms with Crippen LogP contribution < -0.4 is 0 Å². The molecule has 0 N–H and O–H groups in total. The molecule has 0 aliphatic rings. The fourth-order valence-electron chi connectivity index (χ4n) is 0.844. The van der Waals surface area contributed by atoms with Gasteiger partial charge in [-0.05, 0) is 24.3 Å². The van der Waals surface area contributed by atoms with E-state index in [9.17, 15) is 4.79 Å². The molecule has 0 atom stereocenters. The van der Waals surface area contributed by atoms with E-state index in [1.54, 1.807) is 31.3 Å². The van der Waals surface area contributed by atoms with Gasteiger partial charge in [0.25, 0.3) is 5.91 Å². The Bertz CT molecular complexity index is 321. The van der Waals surface area contributed by atoms with Crippen molar-refractivity contribution in [3.05, 3.63) is 34.9 Å². The lowest BCUT2D eigenvalue weighted by Crippen LogP contribution is -2.20. The van der Waals surface area contributed by atoms with E-state index in [-0.39, 0.29) is 5.91 Å². The zero-order valence-corrected chi connectivity index (χ0v) is 7.95. The molecule has 0 unspecified atom stereocenters. The third-order valence-electron chi connectivity index (χ3n) is 1.60. The van der Waals surface area contributed by atoms with E-state index < -0.39 is 0 Å². The molecule has 0 bridgehead atoms. The van der Waals surface area contributed by atoms with Gasteiger partial charge in [0.15, 0.2) is 0 Å². The molecule has 0 fully saturated rings. The maximum absolute atomic E-state index is 11.4. The van der Waals surface area contributed by atoms with Gasteiger partial charge in [-0.15, -0.1) is 0 Å². The van der Waals surface area contributed by atoms with Gasteiger partial charge in [-0.3, -0.25) is 4.79 Å². The maximum Gasteiger partial charge on any atom is 0.273 e. The van der Waals surface area contributed by atoms with Gasteiger partial charge in [0.1, 0.15) is 0 Å². The SMILES string of the molecule is C=NN(C)C(=O)c1ccc(Cl)cc1. The quantitative estimate of drug-likeness (QED) is 0.526. The summed E-state index contributed by atoms with van der Waals surface area (Å²) in [6, 6.07) is 6.61. The van der Waals surface area contributed by atoms with E-state index in [0.717, 1.165) is 0 Å². The molecule has 1 aromatic rings. The average molecular weight is 197 g/mol. The van der Waals surface area contributed by atoms with Crippen LogP contribution in [-0.2, 0) is 0 Å². The monoisotopic (exact) mass is 196 g/mol. The average Bonchev–Trinajstić information content (AvgIpc) is 2.17. The molecule has 4 heteroatoms. The van der Waals surface area contributed by atoms with E-state index in [0.29, 0.717) is 10.6 Å². The summed E-state index contributed by atoms with van der Waals surface area (Å²) in [7, 11) is 1.55. The Hall–Kier alpha value is -1.35. The second-order valence-electron chi connectivity index (χ2n) is 2.48. The minimum atomic E-state index is -0.202. The van der Waals surface area contributed by atoms with E-state index in [4.69, 9.17) is 11.6 Å². The van der Waals surface area contributed by atoms with Crippen LogP contribution in [0.1, 0.15) is 10.4 Å². The van der Waals surface area contributed by atoms with Crippen LogP contribution in [0.2, 0.25) is 5.02 Å². The van der Waals surface area contributed by atoms with Gasteiger partial charge in [-0.2, -0.15) is 5.10 Å². The van der Waals surface area contributed by atoms with Gasteiger partial charge in [0.2, 0.25) is 0 Å². The fourth-order valence-corrected chi connectivity index (χ4v) is 0.970. The molecule has 0 aromatic heterocycles. The predicted octanol–water partition coefficient (Wildman–Crippen LogP) is 2.03. The van der Waals surface area contributed by atoms with E-state index in [1.165, 1.54) is 5.01 Å². The Morgan fingerprint density at radius 1 is 1.46 bits per heavy atom. The summed E-state index contributed by atoms with van der Waals surface area (Å²) in [4.78, 5) is 11.4. The molecule has 0 radical (unpaired) electrons. The van der Waals surface area contributed by atoms with Gasteiger partial charge in [-0.1, -0.05) is 11.6 Å². The fraction of sp³-hybridized carbons (Fsp3) is 0.111. The molecule has 0 heterocycles.